The van der Waals surface area contributed by atoms with Crippen LogP contribution in [0, 0.1) is 0 Å². The van der Waals surface area contributed by atoms with E-state index in [9.17, 15) is 8.42 Å². The molecule has 0 bridgehead atoms. The van der Waals surface area contributed by atoms with Gasteiger partial charge in [0.05, 0.1) is 22.5 Å². The van der Waals surface area contributed by atoms with E-state index in [1.807, 2.05) is 6.07 Å². The minimum Gasteiger partial charge on any atom is -0.327 e. The summed E-state index contributed by atoms with van der Waals surface area (Å²) in [6.45, 7) is 3.73. The van der Waals surface area contributed by atoms with Crippen LogP contribution in [-0.4, -0.2) is 54.4 Å². The number of aryl methyl sites for hydroxylation is 1. The number of benzene rings is 1. The lowest BCUT2D eigenvalue weighted by Gasteiger charge is -2.26. The molecule has 0 unspecified atom stereocenters. The summed E-state index contributed by atoms with van der Waals surface area (Å²) in [6.07, 6.45) is 7.83. The van der Waals surface area contributed by atoms with Crippen LogP contribution in [0.5, 0.6) is 0 Å². The van der Waals surface area contributed by atoms with Crippen molar-refractivity contribution in [3.63, 3.8) is 0 Å². The quantitative estimate of drug-likeness (QED) is 0.707. The number of hydrogen-bond acceptors (Lipinski definition) is 4. The van der Waals surface area contributed by atoms with Crippen LogP contribution in [0.25, 0.3) is 11.0 Å². The number of rotatable bonds is 6. The van der Waals surface area contributed by atoms with Gasteiger partial charge in [0.15, 0.2) is 0 Å². The van der Waals surface area contributed by atoms with E-state index in [-0.39, 0.29) is 0 Å². The van der Waals surface area contributed by atoms with E-state index < -0.39 is 10.0 Å². The molecule has 0 saturated heterocycles. The lowest BCUT2D eigenvalue weighted by molar-refractivity contribution is 0.206. The molecule has 27 heavy (non-hydrogen) atoms. The molecule has 1 fully saturated rings. The topological polar surface area (TPSA) is 58.4 Å². The zero-order chi connectivity index (χ0) is 19.6. The average Bonchev–Trinajstić information content (AvgIpc) is 2.80. The Bertz CT molecular complexity index is 881. The lowest BCUT2D eigenvalue weighted by atomic mass is 10.1. The molecular formula is C20H32N4O2S. The summed E-state index contributed by atoms with van der Waals surface area (Å²) in [5, 5.41) is 0. The number of hydrogen-bond donors (Lipinski definition) is 0. The van der Waals surface area contributed by atoms with Gasteiger partial charge in [-0.15, -0.1) is 0 Å². The van der Waals surface area contributed by atoms with Gasteiger partial charge in [0.25, 0.3) is 0 Å². The van der Waals surface area contributed by atoms with E-state index in [2.05, 4.69) is 23.4 Å². The van der Waals surface area contributed by atoms with Crippen LogP contribution in [-0.2, 0) is 23.1 Å². The summed E-state index contributed by atoms with van der Waals surface area (Å²) in [5.74, 6) is 1.01. The van der Waals surface area contributed by atoms with Crippen LogP contribution in [0.1, 0.15) is 51.3 Å². The third-order valence-electron chi connectivity index (χ3n) is 5.73. The zero-order valence-electron chi connectivity index (χ0n) is 17.0. The standard InChI is InChI=1S/C20H32N4O2S/c1-5-24-19-13-12-17(27(25,26)22(2)3)14-18(19)21-20(24)15-23(4)16-10-8-6-7-9-11-16/h12-14,16H,5-11,15H2,1-4H3. The van der Waals surface area contributed by atoms with E-state index in [1.165, 1.54) is 42.8 Å². The predicted molar refractivity (Wildman–Crippen MR) is 109 cm³/mol. The van der Waals surface area contributed by atoms with E-state index in [0.29, 0.717) is 10.9 Å². The number of aromatic nitrogens is 2. The highest BCUT2D eigenvalue weighted by Crippen LogP contribution is 2.25. The van der Waals surface area contributed by atoms with Gasteiger partial charge in [-0.3, -0.25) is 4.90 Å². The molecule has 0 N–H and O–H groups in total. The van der Waals surface area contributed by atoms with Crippen LogP contribution in [0.2, 0.25) is 0 Å². The molecule has 3 rings (SSSR count). The lowest BCUT2D eigenvalue weighted by Crippen LogP contribution is -2.31. The molecule has 1 aliphatic rings. The fraction of sp³-hybridized carbons (Fsp3) is 0.650. The molecule has 0 atom stereocenters. The fourth-order valence-electron chi connectivity index (χ4n) is 4.06. The zero-order valence-corrected chi connectivity index (χ0v) is 17.8. The molecule has 1 aliphatic carbocycles. The molecule has 1 heterocycles. The molecule has 7 heteroatoms. The molecule has 1 aromatic carbocycles. The second-order valence-electron chi connectivity index (χ2n) is 7.77. The Kier molecular flexibility index (Phi) is 6.23. The Morgan fingerprint density at radius 3 is 2.37 bits per heavy atom. The summed E-state index contributed by atoms with van der Waals surface area (Å²) in [7, 11) is 1.85. The molecular weight excluding hydrogens is 360 g/mol. The minimum absolute atomic E-state index is 0.296. The summed E-state index contributed by atoms with van der Waals surface area (Å²) < 4.78 is 28.3. The van der Waals surface area contributed by atoms with Gasteiger partial charge in [-0.05, 0) is 45.0 Å². The van der Waals surface area contributed by atoms with E-state index in [4.69, 9.17) is 4.98 Å². The van der Waals surface area contributed by atoms with Gasteiger partial charge in [-0.2, -0.15) is 0 Å². The number of imidazole rings is 1. The second-order valence-corrected chi connectivity index (χ2v) is 9.92. The van der Waals surface area contributed by atoms with Crippen LogP contribution in [0.4, 0.5) is 0 Å². The van der Waals surface area contributed by atoms with E-state index in [1.54, 1.807) is 26.2 Å². The summed E-state index contributed by atoms with van der Waals surface area (Å²) >= 11 is 0. The first kappa shape index (κ1) is 20.3. The average molecular weight is 393 g/mol. The van der Waals surface area contributed by atoms with Crippen LogP contribution < -0.4 is 0 Å². The van der Waals surface area contributed by atoms with Crippen molar-refractivity contribution in [1.29, 1.82) is 0 Å². The number of nitrogens with zero attached hydrogens (tertiary/aromatic N) is 4. The summed E-state index contributed by atoms with van der Waals surface area (Å²) in [5.41, 5.74) is 1.75. The maximum atomic E-state index is 12.4. The highest BCUT2D eigenvalue weighted by molar-refractivity contribution is 7.89. The van der Waals surface area contributed by atoms with Gasteiger partial charge in [0.1, 0.15) is 5.82 Å². The smallest absolute Gasteiger partial charge is 0.242 e. The van der Waals surface area contributed by atoms with Crippen molar-refractivity contribution in [1.82, 2.24) is 18.8 Å². The minimum atomic E-state index is -3.45. The molecule has 6 nitrogen and oxygen atoms in total. The Morgan fingerprint density at radius 2 is 1.78 bits per heavy atom. The van der Waals surface area contributed by atoms with Crippen molar-refractivity contribution in [2.45, 2.75) is 69.5 Å². The normalized spacial score (nSPS) is 17.1. The van der Waals surface area contributed by atoms with Gasteiger partial charge in [0, 0.05) is 26.7 Å². The predicted octanol–water partition coefficient (Wildman–Crippen LogP) is 3.46. The third-order valence-corrected chi connectivity index (χ3v) is 7.54. The largest absolute Gasteiger partial charge is 0.327 e. The van der Waals surface area contributed by atoms with Crippen molar-refractivity contribution >= 4 is 21.1 Å². The Morgan fingerprint density at radius 1 is 1.11 bits per heavy atom. The highest BCUT2D eigenvalue weighted by atomic mass is 32.2. The first-order valence-corrected chi connectivity index (χ1v) is 11.4. The Hall–Kier alpha value is -1.44. The molecule has 1 saturated carbocycles. The first-order valence-electron chi connectivity index (χ1n) is 9.96. The molecule has 150 valence electrons. The molecule has 2 aromatic rings. The number of fused-ring (bicyclic) bond motifs is 1. The maximum absolute atomic E-state index is 12.4. The molecule has 1 aromatic heterocycles. The summed E-state index contributed by atoms with van der Waals surface area (Å²) in [6, 6.07) is 5.88. The van der Waals surface area contributed by atoms with Crippen molar-refractivity contribution in [2.24, 2.45) is 0 Å². The molecule has 0 spiro atoms. The van der Waals surface area contributed by atoms with Crippen molar-refractivity contribution in [3.05, 3.63) is 24.0 Å². The van der Waals surface area contributed by atoms with Crippen LogP contribution in [0.15, 0.2) is 23.1 Å². The van der Waals surface area contributed by atoms with Gasteiger partial charge in [-0.25, -0.2) is 17.7 Å². The van der Waals surface area contributed by atoms with Gasteiger partial charge in [0.2, 0.25) is 10.0 Å². The van der Waals surface area contributed by atoms with Crippen molar-refractivity contribution in [2.75, 3.05) is 21.1 Å². The van der Waals surface area contributed by atoms with Crippen molar-refractivity contribution < 1.29 is 8.42 Å². The third kappa shape index (κ3) is 4.20. The Labute approximate surface area is 163 Å². The van der Waals surface area contributed by atoms with Gasteiger partial charge in [-0.1, -0.05) is 25.7 Å². The summed E-state index contributed by atoms with van der Waals surface area (Å²) in [4.78, 5) is 7.54. The van der Waals surface area contributed by atoms with Gasteiger partial charge < -0.3 is 4.57 Å². The second kappa shape index (κ2) is 8.29. The highest BCUT2D eigenvalue weighted by Gasteiger charge is 2.22. The van der Waals surface area contributed by atoms with Crippen LogP contribution in [0.3, 0.4) is 0 Å². The number of sulfonamides is 1. The fourth-order valence-corrected chi connectivity index (χ4v) is 4.98. The molecule has 0 amide bonds. The van der Waals surface area contributed by atoms with Gasteiger partial charge >= 0.3 is 0 Å². The SMILES string of the molecule is CCn1c(CN(C)C2CCCCCC2)nc2cc(S(=O)(=O)N(C)C)ccc21. The Balaban J connectivity index is 1.91. The molecule has 0 aliphatic heterocycles. The first-order chi connectivity index (χ1) is 12.8. The monoisotopic (exact) mass is 392 g/mol. The van der Waals surface area contributed by atoms with E-state index in [0.717, 1.165) is 29.9 Å². The van der Waals surface area contributed by atoms with E-state index >= 15 is 0 Å². The van der Waals surface area contributed by atoms with Crippen molar-refractivity contribution in [3.8, 4) is 0 Å². The maximum Gasteiger partial charge on any atom is 0.242 e. The van der Waals surface area contributed by atoms with Crippen LogP contribution >= 0.6 is 0 Å². The molecule has 0 radical (unpaired) electrons.